The molecule has 0 atom stereocenters. The van der Waals surface area contributed by atoms with E-state index in [9.17, 15) is 4.79 Å². The molecule has 1 aromatic carbocycles. The Morgan fingerprint density at radius 3 is 2.75 bits per heavy atom. The number of amides is 1. The zero-order valence-electron chi connectivity index (χ0n) is 6.66. The lowest BCUT2D eigenvalue weighted by Gasteiger charge is -2.05. The van der Waals surface area contributed by atoms with Gasteiger partial charge in [-0.2, -0.15) is 0 Å². The second kappa shape index (κ2) is 3.23. The molecule has 1 rings (SSSR count). The molecular weight excluding hydrogens is 156 g/mol. The van der Waals surface area contributed by atoms with Crippen LogP contribution in [0.1, 0.15) is 15.9 Å². The summed E-state index contributed by atoms with van der Waals surface area (Å²) in [7, 11) is 0. The van der Waals surface area contributed by atoms with Gasteiger partial charge in [0.25, 0.3) is 5.91 Å². The summed E-state index contributed by atoms with van der Waals surface area (Å²) in [4.78, 5) is 11.0. The molecule has 0 unspecified atom stereocenters. The molecule has 0 saturated heterocycles. The van der Waals surface area contributed by atoms with Crippen LogP contribution in [0.3, 0.4) is 0 Å². The Hall–Kier alpha value is -1.55. The highest BCUT2D eigenvalue weighted by Crippen LogP contribution is 2.15. The van der Waals surface area contributed by atoms with Crippen LogP contribution in [0.2, 0.25) is 0 Å². The molecule has 0 aliphatic carbocycles. The van der Waals surface area contributed by atoms with Crippen molar-refractivity contribution in [3.8, 4) is 0 Å². The summed E-state index contributed by atoms with van der Waals surface area (Å²) in [5, 5.41) is 8.38. The van der Waals surface area contributed by atoms with Crippen LogP contribution >= 0.6 is 0 Å². The van der Waals surface area contributed by atoms with Crippen molar-refractivity contribution in [1.82, 2.24) is 5.48 Å². The maximum Gasteiger partial charge on any atom is 0.276 e. The van der Waals surface area contributed by atoms with Crippen molar-refractivity contribution in [2.24, 2.45) is 0 Å². The maximum absolute atomic E-state index is 11.0. The molecule has 0 bridgehead atoms. The minimum atomic E-state index is -0.578. The minimum absolute atomic E-state index is 0.319. The van der Waals surface area contributed by atoms with Gasteiger partial charge < -0.3 is 5.73 Å². The number of rotatable bonds is 1. The van der Waals surface area contributed by atoms with Gasteiger partial charge >= 0.3 is 0 Å². The predicted octanol–water partition coefficient (Wildman–Crippen LogP) is 0.696. The zero-order chi connectivity index (χ0) is 9.14. The molecule has 0 saturated carbocycles. The number of carbonyl (C=O) groups excluding carboxylic acids is 1. The summed E-state index contributed by atoms with van der Waals surface area (Å²) in [5.74, 6) is -0.578. The standard InChI is InChI=1S/C8H10N2O2/c1-5-3-2-4-6(9)7(5)8(11)10-12/h2-4,12H,9H2,1H3,(H,10,11). The van der Waals surface area contributed by atoms with E-state index >= 15 is 0 Å². The minimum Gasteiger partial charge on any atom is -0.398 e. The van der Waals surface area contributed by atoms with Crippen LogP contribution < -0.4 is 11.2 Å². The van der Waals surface area contributed by atoms with E-state index in [0.29, 0.717) is 11.3 Å². The van der Waals surface area contributed by atoms with E-state index in [1.165, 1.54) is 0 Å². The molecule has 0 spiro atoms. The lowest BCUT2D eigenvalue weighted by molar-refractivity contribution is 0.0706. The van der Waals surface area contributed by atoms with Crippen LogP contribution in [0.15, 0.2) is 18.2 Å². The van der Waals surface area contributed by atoms with E-state index in [1.54, 1.807) is 30.6 Å². The molecule has 0 aliphatic heterocycles. The van der Waals surface area contributed by atoms with Crippen LogP contribution in [0.25, 0.3) is 0 Å². The summed E-state index contributed by atoms with van der Waals surface area (Å²) in [6.07, 6.45) is 0. The quantitative estimate of drug-likeness (QED) is 0.326. The fourth-order valence-corrected chi connectivity index (χ4v) is 1.06. The molecule has 0 fully saturated rings. The first-order valence-corrected chi connectivity index (χ1v) is 3.46. The van der Waals surface area contributed by atoms with Crippen LogP contribution in [-0.2, 0) is 0 Å². The largest absolute Gasteiger partial charge is 0.398 e. The Balaban J connectivity index is 3.21. The monoisotopic (exact) mass is 166 g/mol. The molecule has 0 aromatic heterocycles. The number of benzene rings is 1. The first-order valence-electron chi connectivity index (χ1n) is 3.46. The van der Waals surface area contributed by atoms with Crippen molar-refractivity contribution in [2.45, 2.75) is 6.92 Å². The molecule has 1 amide bonds. The Kier molecular flexibility index (Phi) is 2.30. The lowest BCUT2D eigenvalue weighted by Crippen LogP contribution is -2.21. The Morgan fingerprint density at radius 2 is 2.25 bits per heavy atom. The number of carbonyl (C=O) groups is 1. The van der Waals surface area contributed by atoms with E-state index < -0.39 is 5.91 Å². The van der Waals surface area contributed by atoms with Crippen LogP contribution in [0.4, 0.5) is 5.69 Å². The molecule has 4 nitrogen and oxygen atoms in total. The molecule has 0 radical (unpaired) electrons. The fraction of sp³-hybridized carbons (Fsp3) is 0.125. The van der Waals surface area contributed by atoms with Crippen molar-refractivity contribution in [1.29, 1.82) is 0 Å². The van der Waals surface area contributed by atoms with Crippen molar-refractivity contribution in [2.75, 3.05) is 5.73 Å². The van der Waals surface area contributed by atoms with Gasteiger partial charge in [-0.1, -0.05) is 12.1 Å². The van der Waals surface area contributed by atoms with Gasteiger partial charge in [-0.25, -0.2) is 5.48 Å². The number of hydrogen-bond acceptors (Lipinski definition) is 3. The molecule has 0 heterocycles. The highest BCUT2D eigenvalue weighted by Gasteiger charge is 2.10. The normalized spacial score (nSPS) is 9.50. The van der Waals surface area contributed by atoms with Crippen LogP contribution in [0.5, 0.6) is 0 Å². The fourth-order valence-electron chi connectivity index (χ4n) is 1.06. The van der Waals surface area contributed by atoms with Crippen molar-refractivity contribution >= 4 is 11.6 Å². The number of nitrogen functional groups attached to an aromatic ring is 1. The Labute approximate surface area is 70.0 Å². The predicted molar refractivity (Wildman–Crippen MR) is 44.8 cm³/mol. The van der Waals surface area contributed by atoms with Gasteiger partial charge in [0, 0.05) is 5.69 Å². The molecule has 0 aliphatic rings. The number of hydroxylamine groups is 1. The highest BCUT2D eigenvalue weighted by atomic mass is 16.5. The third kappa shape index (κ3) is 1.38. The molecule has 12 heavy (non-hydrogen) atoms. The number of nitrogens with two attached hydrogens (primary N) is 1. The van der Waals surface area contributed by atoms with E-state index in [-0.39, 0.29) is 0 Å². The number of anilines is 1. The summed E-state index contributed by atoms with van der Waals surface area (Å²) in [5.41, 5.74) is 8.49. The zero-order valence-corrected chi connectivity index (χ0v) is 6.66. The second-order valence-electron chi connectivity index (χ2n) is 2.48. The molecule has 1 aromatic rings. The highest BCUT2D eigenvalue weighted by molar-refractivity contribution is 5.99. The van der Waals surface area contributed by atoms with E-state index in [2.05, 4.69) is 0 Å². The third-order valence-electron chi connectivity index (χ3n) is 1.63. The molecule has 4 heteroatoms. The molecular formula is C8H10N2O2. The maximum atomic E-state index is 11.0. The average molecular weight is 166 g/mol. The number of aryl methyl sites for hydroxylation is 1. The first-order chi connectivity index (χ1) is 5.66. The SMILES string of the molecule is Cc1cccc(N)c1C(=O)NO. The third-order valence-corrected chi connectivity index (χ3v) is 1.63. The summed E-state index contributed by atoms with van der Waals surface area (Å²) in [6.45, 7) is 1.75. The van der Waals surface area contributed by atoms with Gasteiger partial charge in [0.1, 0.15) is 0 Å². The van der Waals surface area contributed by atoms with Gasteiger partial charge in [0.05, 0.1) is 5.56 Å². The summed E-state index contributed by atoms with van der Waals surface area (Å²) in [6, 6.07) is 5.11. The van der Waals surface area contributed by atoms with Gasteiger partial charge in [-0.3, -0.25) is 10.0 Å². The number of nitrogens with one attached hydrogen (secondary N) is 1. The van der Waals surface area contributed by atoms with E-state index in [1.807, 2.05) is 0 Å². The van der Waals surface area contributed by atoms with Gasteiger partial charge in [0.15, 0.2) is 0 Å². The lowest BCUT2D eigenvalue weighted by atomic mass is 10.1. The van der Waals surface area contributed by atoms with Gasteiger partial charge in [-0.15, -0.1) is 0 Å². The average Bonchev–Trinajstić information content (AvgIpc) is 2.03. The molecule has 4 N–H and O–H groups in total. The topological polar surface area (TPSA) is 75.4 Å². The molecule has 64 valence electrons. The van der Waals surface area contributed by atoms with Crippen molar-refractivity contribution in [3.05, 3.63) is 29.3 Å². The van der Waals surface area contributed by atoms with Gasteiger partial charge in [-0.05, 0) is 18.6 Å². The van der Waals surface area contributed by atoms with Gasteiger partial charge in [0.2, 0.25) is 0 Å². The van der Waals surface area contributed by atoms with E-state index in [4.69, 9.17) is 10.9 Å². The van der Waals surface area contributed by atoms with Crippen molar-refractivity contribution < 1.29 is 10.0 Å². The summed E-state index contributed by atoms with van der Waals surface area (Å²) >= 11 is 0. The Morgan fingerprint density at radius 1 is 1.58 bits per heavy atom. The number of hydrogen-bond donors (Lipinski definition) is 3. The smallest absolute Gasteiger partial charge is 0.276 e. The second-order valence-corrected chi connectivity index (χ2v) is 2.48. The van der Waals surface area contributed by atoms with E-state index in [0.717, 1.165) is 5.56 Å². The first kappa shape index (κ1) is 8.55. The van der Waals surface area contributed by atoms with Crippen LogP contribution in [0, 0.1) is 6.92 Å². The van der Waals surface area contributed by atoms with Crippen molar-refractivity contribution in [3.63, 3.8) is 0 Å². The van der Waals surface area contributed by atoms with Crippen LogP contribution in [-0.4, -0.2) is 11.1 Å². The summed E-state index contributed by atoms with van der Waals surface area (Å²) < 4.78 is 0. The Bertz CT molecular complexity index is 290.